The van der Waals surface area contributed by atoms with Gasteiger partial charge < -0.3 is 14.7 Å². The van der Waals surface area contributed by atoms with Crippen LogP contribution < -0.4 is 4.90 Å². The number of amides is 2. The summed E-state index contributed by atoms with van der Waals surface area (Å²) in [6.45, 7) is 7.71. The molecule has 2 fully saturated rings. The number of anilines is 1. The van der Waals surface area contributed by atoms with Crippen molar-refractivity contribution in [1.29, 1.82) is 0 Å². The number of aromatic nitrogens is 2. The molecule has 0 radical (unpaired) electrons. The van der Waals surface area contributed by atoms with Gasteiger partial charge in [0.05, 0.1) is 5.75 Å². The van der Waals surface area contributed by atoms with E-state index in [1.807, 2.05) is 23.6 Å². The van der Waals surface area contributed by atoms with Gasteiger partial charge in [0, 0.05) is 51.3 Å². The van der Waals surface area contributed by atoms with E-state index in [1.54, 1.807) is 6.07 Å². The predicted octanol–water partition coefficient (Wildman–Crippen LogP) is 2.29. The predicted molar refractivity (Wildman–Crippen MR) is 107 cm³/mol. The van der Waals surface area contributed by atoms with Gasteiger partial charge in [-0.2, -0.15) is 0 Å². The Bertz CT molecular complexity index is 698. The third kappa shape index (κ3) is 5.04. The van der Waals surface area contributed by atoms with E-state index in [-0.39, 0.29) is 17.9 Å². The number of halogens is 1. The van der Waals surface area contributed by atoms with Crippen LogP contribution >= 0.6 is 23.4 Å². The van der Waals surface area contributed by atoms with E-state index in [1.165, 1.54) is 11.8 Å². The fourth-order valence-corrected chi connectivity index (χ4v) is 4.52. The fraction of sp³-hybridized carbons (Fsp3) is 0.667. The quantitative estimate of drug-likeness (QED) is 0.420. The van der Waals surface area contributed by atoms with Crippen molar-refractivity contribution in [2.24, 2.45) is 0 Å². The maximum absolute atomic E-state index is 12.2. The van der Waals surface area contributed by atoms with Gasteiger partial charge in [-0.25, -0.2) is 9.97 Å². The first kappa shape index (κ1) is 20.2. The summed E-state index contributed by atoms with van der Waals surface area (Å²) in [4.78, 5) is 39.0. The minimum absolute atomic E-state index is 0.118. The Morgan fingerprint density at radius 3 is 2.59 bits per heavy atom. The Morgan fingerprint density at radius 2 is 1.93 bits per heavy atom. The van der Waals surface area contributed by atoms with Crippen molar-refractivity contribution < 1.29 is 9.59 Å². The van der Waals surface area contributed by atoms with Crippen LogP contribution in [-0.4, -0.2) is 76.1 Å². The summed E-state index contributed by atoms with van der Waals surface area (Å²) < 4.78 is 0. The third-order valence-corrected chi connectivity index (χ3v) is 6.04. The van der Waals surface area contributed by atoms with Crippen molar-refractivity contribution >= 4 is 41.0 Å². The van der Waals surface area contributed by atoms with Crippen molar-refractivity contribution in [2.75, 3.05) is 43.4 Å². The number of rotatable bonds is 5. The number of carbonyl (C=O) groups is 2. The zero-order chi connectivity index (χ0) is 19.4. The van der Waals surface area contributed by atoms with Crippen molar-refractivity contribution in [3.8, 4) is 0 Å². The maximum atomic E-state index is 12.2. The second kappa shape index (κ2) is 9.10. The second-order valence-corrected chi connectivity index (χ2v) is 8.27. The zero-order valence-electron chi connectivity index (χ0n) is 15.9. The number of carbonyl (C=O) groups excluding carboxylic acids is 2. The molecular weight excluding hydrogens is 386 g/mol. The summed E-state index contributed by atoms with van der Waals surface area (Å²) in [5.41, 5.74) is 0. The van der Waals surface area contributed by atoms with E-state index in [2.05, 4.69) is 14.9 Å². The molecule has 7 nitrogen and oxygen atoms in total. The SMILES string of the molecule is CCC(=O)N1CCN(c2cc(Cl)nc(SCC(=O)N3CCCC3)n2)C[C@@H]1C. The standard InChI is InChI=1S/C18H26ClN5O2S/c1-3-16(25)24-9-8-23(11-13(24)2)15-10-14(19)20-18(21-15)27-12-17(26)22-6-4-5-7-22/h10,13H,3-9,11-12H2,1-2H3/t13-/m0/s1. The van der Waals surface area contributed by atoms with E-state index in [9.17, 15) is 9.59 Å². The van der Waals surface area contributed by atoms with Gasteiger partial charge in [0.15, 0.2) is 5.16 Å². The molecule has 0 unspecified atom stereocenters. The molecule has 0 N–H and O–H groups in total. The Morgan fingerprint density at radius 1 is 1.19 bits per heavy atom. The van der Waals surface area contributed by atoms with Crippen molar-refractivity contribution in [3.63, 3.8) is 0 Å². The molecule has 3 heterocycles. The highest BCUT2D eigenvalue weighted by atomic mass is 35.5. The topological polar surface area (TPSA) is 69.6 Å². The van der Waals surface area contributed by atoms with Crippen LogP contribution in [0.2, 0.25) is 5.15 Å². The van der Waals surface area contributed by atoms with Gasteiger partial charge in [-0.15, -0.1) is 0 Å². The van der Waals surface area contributed by atoms with Crippen LogP contribution in [0.3, 0.4) is 0 Å². The average molecular weight is 412 g/mol. The first-order valence-electron chi connectivity index (χ1n) is 9.47. The van der Waals surface area contributed by atoms with Gasteiger partial charge in [0.2, 0.25) is 11.8 Å². The van der Waals surface area contributed by atoms with Crippen molar-refractivity contribution in [1.82, 2.24) is 19.8 Å². The Labute approximate surface area is 169 Å². The molecule has 1 atom stereocenters. The van der Waals surface area contributed by atoms with Gasteiger partial charge in [-0.3, -0.25) is 9.59 Å². The lowest BCUT2D eigenvalue weighted by Gasteiger charge is -2.40. The highest BCUT2D eigenvalue weighted by Gasteiger charge is 2.27. The summed E-state index contributed by atoms with van der Waals surface area (Å²) in [5.74, 6) is 1.39. The molecule has 2 saturated heterocycles. The number of hydrogen-bond donors (Lipinski definition) is 0. The number of thioether (sulfide) groups is 1. The molecule has 27 heavy (non-hydrogen) atoms. The molecule has 2 amide bonds. The fourth-order valence-electron chi connectivity index (χ4n) is 3.54. The van der Waals surface area contributed by atoms with Crippen LogP contribution in [0.25, 0.3) is 0 Å². The van der Waals surface area contributed by atoms with Crippen LogP contribution in [0.1, 0.15) is 33.1 Å². The molecule has 0 spiro atoms. The highest BCUT2D eigenvalue weighted by Crippen LogP contribution is 2.24. The van der Waals surface area contributed by atoms with Crippen LogP contribution in [0.5, 0.6) is 0 Å². The largest absolute Gasteiger partial charge is 0.353 e. The monoisotopic (exact) mass is 411 g/mol. The summed E-state index contributed by atoms with van der Waals surface area (Å²) >= 11 is 7.53. The van der Waals surface area contributed by atoms with E-state index in [0.29, 0.717) is 42.1 Å². The Balaban J connectivity index is 1.63. The molecule has 0 saturated carbocycles. The molecule has 1 aromatic rings. The summed E-state index contributed by atoms with van der Waals surface area (Å²) in [6, 6.07) is 1.87. The Hall–Kier alpha value is -1.54. The van der Waals surface area contributed by atoms with E-state index < -0.39 is 0 Å². The Kier molecular flexibility index (Phi) is 6.81. The van der Waals surface area contributed by atoms with Gasteiger partial charge in [0.25, 0.3) is 0 Å². The number of nitrogens with zero attached hydrogens (tertiary/aromatic N) is 5. The molecule has 148 valence electrons. The lowest BCUT2D eigenvalue weighted by Crippen LogP contribution is -2.54. The highest BCUT2D eigenvalue weighted by molar-refractivity contribution is 7.99. The van der Waals surface area contributed by atoms with Gasteiger partial charge >= 0.3 is 0 Å². The van der Waals surface area contributed by atoms with Crippen LogP contribution in [0, 0.1) is 0 Å². The van der Waals surface area contributed by atoms with Crippen molar-refractivity contribution in [2.45, 2.75) is 44.3 Å². The summed E-state index contributed by atoms with van der Waals surface area (Å²) in [5, 5.41) is 0.889. The van der Waals surface area contributed by atoms with Gasteiger partial charge in [-0.1, -0.05) is 30.3 Å². The van der Waals surface area contributed by atoms with Crippen LogP contribution in [0.4, 0.5) is 5.82 Å². The molecule has 2 aliphatic heterocycles. The first-order chi connectivity index (χ1) is 13.0. The zero-order valence-corrected chi connectivity index (χ0v) is 17.4. The molecule has 0 bridgehead atoms. The molecular formula is C18H26ClN5O2S. The van der Waals surface area contributed by atoms with Crippen LogP contribution in [0.15, 0.2) is 11.2 Å². The summed E-state index contributed by atoms with van der Waals surface area (Å²) in [7, 11) is 0. The number of likely N-dealkylation sites (tertiary alicyclic amines) is 1. The van der Waals surface area contributed by atoms with E-state index in [4.69, 9.17) is 11.6 Å². The molecule has 0 aromatic carbocycles. The van der Waals surface area contributed by atoms with Gasteiger partial charge in [-0.05, 0) is 19.8 Å². The molecule has 9 heteroatoms. The van der Waals surface area contributed by atoms with E-state index >= 15 is 0 Å². The third-order valence-electron chi connectivity index (χ3n) is 5.02. The first-order valence-corrected chi connectivity index (χ1v) is 10.8. The molecule has 2 aliphatic rings. The second-order valence-electron chi connectivity index (χ2n) is 6.94. The lowest BCUT2D eigenvalue weighted by atomic mass is 10.1. The minimum atomic E-state index is 0.118. The van der Waals surface area contributed by atoms with E-state index in [0.717, 1.165) is 31.7 Å². The molecule has 0 aliphatic carbocycles. The van der Waals surface area contributed by atoms with Gasteiger partial charge in [0.1, 0.15) is 11.0 Å². The maximum Gasteiger partial charge on any atom is 0.233 e. The normalized spacial score (nSPS) is 20.3. The molecule has 3 rings (SSSR count). The molecule has 1 aromatic heterocycles. The average Bonchev–Trinajstić information content (AvgIpc) is 3.20. The number of hydrogen-bond acceptors (Lipinski definition) is 6. The smallest absolute Gasteiger partial charge is 0.233 e. The lowest BCUT2D eigenvalue weighted by molar-refractivity contribution is -0.133. The summed E-state index contributed by atoms with van der Waals surface area (Å²) in [6.07, 6.45) is 2.69. The number of piperazine rings is 1. The van der Waals surface area contributed by atoms with Crippen molar-refractivity contribution in [3.05, 3.63) is 11.2 Å². The van der Waals surface area contributed by atoms with Crippen LogP contribution in [-0.2, 0) is 9.59 Å². The minimum Gasteiger partial charge on any atom is -0.353 e.